The summed E-state index contributed by atoms with van der Waals surface area (Å²) in [6.07, 6.45) is -2.89. The monoisotopic (exact) mass is 684 g/mol. The van der Waals surface area contributed by atoms with Gasteiger partial charge in [0.25, 0.3) is 0 Å². The van der Waals surface area contributed by atoms with Gasteiger partial charge in [0, 0.05) is 5.56 Å². The molecule has 0 aromatic heterocycles. The molecule has 0 N–H and O–H groups in total. The Morgan fingerprint density at radius 3 is 1.18 bits per heavy atom. The minimum Gasteiger partial charge on any atom is -0.194 e. The normalized spacial score (nSPS) is 20.6. The van der Waals surface area contributed by atoms with Crippen molar-refractivity contribution in [2.24, 2.45) is 11.8 Å². The summed E-state index contributed by atoms with van der Waals surface area (Å²) in [5.41, 5.74) is -2.13. The summed E-state index contributed by atoms with van der Waals surface area (Å²) in [6.45, 7) is 2.00. The van der Waals surface area contributed by atoms with Gasteiger partial charge in [-0.3, -0.25) is 0 Å². The molecule has 1 fully saturated rings. The van der Waals surface area contributed by atoms with E-state index in [0.717, 1.165) is 32.1 Å². The fourth-order valence-electron chi connectivity index (χ4n) is 4.72. The van der Waals surface area contributed by atoms with E-state index in [1.54, 1.807) is 0 Å². The molecular formula is C25H23F19. The molecule has 0 aliphatic heterocycles. The molecular weight excluding hydrogens is 661 g/mol. The van der Waals surface area contributed by atoms with Crippen molar-refractivity contribution in [3.05, 3.63) is 35.4 Å². The van der Waals surface area contributed by atoms with E-state index in [1.807, 2.05) is 6.92 Å². The molecule has 19 heteroatoms. The van der Waals surface area contributed by atoms with Gasteiger partial charge in [-0.25, -0.2) is 0 Å². The lowest BCUT2D eigenvalue weighted by molar-refractivity contribution is -0.469. The molecule has 0 amide bonds. The minimum absolute atomic E-state index is 0.0176. The number of halogens is 19. The summed E-state index contributed by atoms with van der Waals surface area (Å²) in [5.74, 6) is -65.9. The zero-order chi connectivity index (χ0) is 34.6. The van der Waals surface area contributed by atoms with Gasteiger partial charge in [0.2, 0.25) is 0 Å². The van der Waals surface area contributed by atoms with Crippen LogP contribution in [-0.2, 0) is 12.3 Å². The van der Waals surface area contributed by atoms with Gasteiger partial charge in [-0.1, -0.05) is 63.3 Å². The summed E-state index contributed by atoms with van der Waals surface area (Å²) in [6, 6.07) is 1.26. The predicted octanol–water partition coefficient (Wildman–Crippen LogP) is 10.9. The molecule has 0 heterocycles. The second-order valence-corrected chi connectivity index (χ2v) is 10.6. The summed E-state index contributed by atoms with van der Waals surface area (Å²) < 4.78 is 257. The minimum atomic E-state index is -8.92. The molecule has 0 nitrogen and oxygen atoms in total. The van der Waals surface area contributed by atoms with Crippen LogP contribution in [0.25, 0.3) is 0 Å². The molecule has 1 aromatic carbocycles. The van der Waals surface area contributed by atoms with Crippen molar-refractivity contribution in [2.45, 2.75) is 105 Å². The van der Waals surface area contributed by atoms with Crippen LogP contribution in [0.15, 0.2) is 24.3 Å². The van der Waals surface area contributed by atoms with Gasteiger partial charge in [-0.05, 0) is 30.2 Å². The van der Waals surface area contributed by atoms with E-state index in [9.17, 15) is 83.4 Å². The van der Waals surface area contributed by atoms with Gasteiger partial charge in [0.15, 0.2) is 0 Å². The molecule has 1 aliphatic carbocycles. The second-order valence-electron chi connectivity index (χ2n) is 10.6. The van der Waals surface area contributed by atoms with Crippen molar-refractivity contribution in [2.75, 3.05) is 0 Å². The Labute approximate surface area is 237 Å². The molecule has 1 aromatic rings. The van der Waals surface area contributed by atoms with E-state index in [0.29, 0.717) is 24.5 Å². The topological polar surface area (TPSA) is 0 Å². The zero-order valence-electron chi connectivity index (χ0n) is 22.1. The van der Waals surface area contributed by atoms with Crippen LogP contribution < -0.4 is 0 Å². The smallest absolute Gasteiger partial charge is 0.194 e. The van der Waals surface area contributed by atoms with E-state index in [2.05, 4.69) is 0 Å². The van der Waals surface area contributed by atoms with Gasteiger partial charge in [-0.2, -0.15) is 83.4 Å². The van der Waals surface area contributed by atoms with Crippen LogP contribution in [0.1, 0.15) is 56.6 Å². The molecule has 2 rings (SSSR count). The standard InChI is InChI=1S/C25H23F19/c1-2-13-3-5-14(6-4-13)7-8-15-9-11-16(12-10-15)17(26,27)18(28,29)19(30,31)20(32,33)21(34,35)22(36,37)23(38,39)24(40,41)25(42,43)44/h9-14H,2-8H2,1H3. The van der Waals surface area contributed by atoms with Crippen LogP contribution in [0.5, 0.6) is 0 Å². The summed E-state index contributed by atoms with van der Waals surface area (Å²) in [5, 5.41) is 0. The summed E-state index contributed by atoms with van der Waals surface area (Å²) >= 11 is 0. The summed E-state index contributed by atoms with van der Waals surface area (Å²) in [4.78, 5) is 0. The third-order valence-corrected chi connectivity index (χ3v) is 7.82. The van der Waals surface area contributed by atoms with Crippen LogP contribution in [-0.4, -0.2) is 47.6 Å². The molecule has 1 saturated carbocycles. The van der Waals surface area contributed by atoms with Gasteiger partial charge < -0.3 is 0 Å². The molecule has 0 atom stereocenters. The molecule has 256 valence electrons. The van der Waals surface area contributed by atoms with Crippen molar-refractivity contribution in [3.8, 4) is 0 Å². The Balaban J connectivity index is 2.40. The summed E-state index contributed by atoms with van der Waals surface area (Å²) in [7, 11) is 0. The first-order valence-electron chi connectivity index (χ1n) is 12.7. The molecule has 0 saturated heterocycles. The first-order valence-corrected chi connectivity index (χ1v) is 12.7. The van der Waals surface area contributed by atoms with Crippen LogP contribution in [0.3, 0.4) is 0 Å². The lowest BCUT2D eigenvalue weighted by atomic mass is 9.78. The third-order valence-electron chi connectivity index (χ3n) is 7.82. The first kappa shape index (κ1) is 38.1. The van der Waals surface area contributed by atoms with E-state index >= 15 is 0 Å². The van der Waals surface area contributed by atoms with Crippen LogP contribution in [0.2, 0.25) is 0 Å². The number of aryl methyl sites for hydroxylation is 1. The Morgan fingerprint density at radius 1 is 0.477 bits per heavy atom. The molecule has 1 aliphatic rings. The highest BCUT2D eigenvalue weighted by Crippen LogP contribution is 2.66. The average Bonchev–Trinajstić information content (AvgIpc) is 2.91. The fraction of sp³-hybridized carbons (Fsp3) is 0.760. The van der Waals surface area contributed by atoms with Gasteiger partial charge in [-0.15, -0.1) is 0 Å². The molecule has 44 heavy (non-hydrogen) atoms. The van der Waals surface area contributed by atoms with Crippen LogP contribution in [0, 0.1) is 11.8 Å². The third kappa shape index (κ3) is 5.70. The Kier molecular flexibility index (Phi) is 10.0. The van der Waals surface area contributed by atoms with E-state index in [-0.39, 0.29) is 30.0 Å². The van der Waals surface area contributed by atoms with Crippen molar-refractivity contribution < 1.29 is 83.4 Å². The van der Waals surface area contributed by atoms with Crippen LogP contribution >= 0.6 is 0 Å². The van der Waals surface area contributed by atoms with Gasteiger partial charge >= 0.3 is 53.6 Å². The van der Waals surface area contributed by atoms with Crippen molar-refractivity contribution in [1.82, 2.24) is 0 Å². The number of rotatable bonds is 12. The predicted molar refractivity (Wildman–Crippen MR) is 115 cm³/mol. The van der Waals surface area contributed by atoms with Crippen molar-refractivity contribution >= 4 is 0 Å². The maximum Gasteiger partial charge on any atom is 0.460 e. The van der Waals surface area contributed by atoms with E-state index in [4.69, 9.17) is 0 Å². The van der Waals surface area contributed by atoms with Gasteiger partial charge in [0.05, 0.1) is 0 Å². The lowest BCUT2D eigenvalue weighted by Crippen LogP contribution is -2.75. The van der Waals surface area contributed by atoms with Crippen LogP contribution in [0.4, 0.5) is 83.4 Å². The second kappa shape index (κ2) is 11.6. The first-order chi connectivity index (χ1) is 19.5. The highest BCUT2D eigenvalue weighted by Gasteiger charge is 2.96. The quantitative estimate of drug-likeness (QED) is 0.192. The van der Waals surface area contributed by atoms with E-state index in [1.165, 1.54) is 0 Å². The highest BCUT2D eigenvalue weighted by atomic mass is 19.4. The number of hydrogen-bond acceptors (Lipinski definition) is 0. The molecule has 0 bridgehead atoms. The Hall–Kier alpha value is -2.11. The highest BCUT2D eigenvalue weighted by molar-refractivity contribution is 5.30. The SMILES string of the molecule is CCC1CCC(CCc2ccc(C(F)(F)C(F)(F)C(F)(F)C(F)(F)C(F)(F)C(F)(F)C(F)(F)C(F)(F)C(F)(F)F)cc2)CC1. The molecule has 0 spiro atoms. The Morgan fingerprint density at radius 2 is 0.818 bits per heavy atom. The molecule has 0 radical (unpaired) electrons. The van der Waals surface area contributed by atoms with Crippen molar-refractivity contribution in [1.29, 1.82) is 0 Å². The zero-order valence-corrected chi connectivity index (χ0v) is 22.1. The number of alkyl halides is 19. The lowest BCUT2D eigenvalue weighted by Gasteiger charge is -2.43. The maximum atomic E-state index is 14.5. The number of benzene rings is 1. The fourth-order valence-corrected chi connectivity index (χ4v) is 4.72. The largest absolute Gasteiger partial charge is 0.460 e. The Bertz CT molecular complexity index is 1110. The number of hydrogen-bond donors (Lipinski definition) is 0. The van der Waals surface area contributed by atoms with E-state index < -0.39 is 59.1 Å². The maximum absolute atomic E-state index is 14.5. The molecule has 0 unspecified atom stereocenters. The van der Waals surface area contributed by atoms with Gasteiger partial charge in [0.1, 0.15) is 0 Å². The average molecular weight is 684 g/mol. The van der Waals surface area contributed by atoms with Crippen molar-refractivity contribution in [3.63, 3.8) is 0 Å².